The van der Waals surface area contributed by atoms with Crippen LogP contribution in [0.4, 0.5) is 0 Å². The highest BCUT2D eigenvalue weighted by atomic mass is 16.5. The van der Waals surface area contributed by atoms with Crippen molar-refractivity contribution in [1.29, 1.82) is 0 Å². The Morgan fingerprint density at radius 2 is 1.39 bits per heavy atom. The molecule has 18 heavy (non-hydrogen) atoms. The highest BCUT2D eigenvalue weighted by Crippen LogP contribution is 2.38. The number of carbonyl (C=O) groups is 2. The van der Waals surface area contributed by atoms with Gasteiger partial charge in [-0.2, -0.15) is 0 Å². The number of hydrogen-bond acceptors (Lipinski definition) is 6. The molecule has 6 nitrogen and oxygen atoms in total. The number of ether oxygens (including phenoxy) is 4. The lowest BCUT2D eigenvalue weighted by Gasteiger charge is -2.13. The van der Waals surface area contributed by atoms with Crippen molar-refractivity contribution in [3.8, 4) is 17.2 Å². The first-order valence-electron chi connectivity index (χ1n) is 5.01. The zero-order valence-electron chi connectivity index (χ0n) is 10.6. The first-order chi connectivity index (χ1) is 8.58. The van der Waals surface area contributed by atoms with Crippen molar-refractivity contribution in [1.82, 2.24) is 0 Å². The number of carbonyl (C=O) groups excluding carboxylic acids is 2. The quantitative estimate of drug-likeness (QED) is 0.444. The molecule has 6 heteroatoms. The molecule has 0 aliphatic rings. The Hall–Kier alpha value is -2.24. The van der Waals surface area contributed by atoms with E-state index in [1.165, 1.54) is 33.5 Å². The van der Waals surface area contributed by atoms with Gasteiger partial charge in [0.1, 0.15) is 0 Å². The molecule has 98 valence electrons. The summed E-state index contributed by atoms with van der Waals surface area (Å²) in [5.74, 6) is -0.796. The van der Waals surface area contributed by atoms with Crippen LogP contribution in [-0.4, -0.2) is 40.2 Å². The zero-order chi connectivity index (χ0) is 13.7. The number of benzene rings is 1. The van der Waals surface area contributed by atoms with Gasteiger partial charge >= 0.3 is 5.97 Å². The Balaban J connectivity index is 3.31. The first kappa shape index (κ1) is 13.8. The van der Waals surface area contributed by atoms with Crippen LogP contribution in [0, 0.1) is 0 Å². The van der Waals surface area contributed by atoms with Crippen molar-refractivity contribution in [2.24, 2.45) is 0 Å². The Labute approximate surface area is 104 Å². The Morgan fingerprint density at radius 1 is 0.889 bits per heavy atom. The zero-order valence-corrected chi connectivity index (χ0v) is 10.6. The lowest BCUT2D eigenvalue weighted by atomic mass is 10.1. The largest absolute Gasteiger partial charge is 0.493 e. The summed E-state index contributed by atoms with van der Waals surface area (Å²) in [5.41, 5.74) is 0.108. The van der Waals surface area contributed by atoms with Gasteiger partial charge in [-0.3, -0.25) is 4.79 Å². The third-order valence-electron chi connectivity index (χ3n) is 2.30. The van der Waals surface area contributed by atoms with Crippen molar-refractivity contribution >= 4 is 11.8 Å². The summed E-state index contributed by atoms with van der Waals surface area (Å²) in [7, 11) is 5.42. The standard InChI is InChI=1S/C12H14O6/c1-15-8-5-7(10(13)12(14)18-4)6-9(16-2)11(8)17-3/h5-6H,1-4H3. The molecule has 0 bridgehead atoms. The SMILES string of the molecule is COC(=O)C(=O)c1cc(OC)c(OC)c(OC)c1. The summed E-state index contributed by atoms with van der Waals surface area (Å²) in [6.07, 6.45) is 0. The minimum absolute atomic E-state index is 0.108. The van der Waals surface area contributed by atoms with Gasteiger partial charge in [0.15, 0.2) is 11.5 Å². The molecular weight excluding hydrogens is 240 g/mol. The number of rotatable bonds is 5. The number of methoxy groups -OCH3 is 4. The van der Waals surface area contributed by atoms with Gasteiger partial charge in [-0.05, 0) is 12.1 Å². The van der Waals surface area contributed by atoms with Crippen molar-refractivity contribution in [2.75, 3.05) is 28.4 Å². The lowest BCUT2D eigenvalue weighted by molar-refractivity contribution is -0.135. The van der Waals surface area contributed by atoms with Crippen molar-refractivity contribution in [3.05, 3.63) is 17.7 Å². The number of hydrogen-bond donors (Lipinski definition) is 0. The molecule has 0 fully saturated rings. The summed E-state index contributed by atoms with van der Waals surface area (Å²) in [4.78, 5) is 22.9. The van der Waals surface area contributed by atoms with E-state index in [0.717, 1.165) is 7.11 Å². The number of esters is 1. The molecule has 0 radical (unpaired) electrons. The monoisotopic (exact) mass is 254 g/mol. The van der Waals surface area contributed by atoms with E-state index >= 15 is 0 Å². The number of Topliss-reactive ketones (excluding diaryl/α,β-unsaturated/α-hetero) is 1. The van der Waals surface area contributed by atoms with E-state index in [-0.39, 0.29) is 5.56 Å². The van der Waals surface area contributed by atoms with E-state index in [1.54, 1.807) is 0 Å². The van der Waals surface area contributed by atoms with Crippen LogP contribution in [0.5, 0.6) is 17.2 Å². The normalized spacial score (nSPS) is 9.56. The van der Waals surface area contributed by atoms with Crippen LogP contribution in [0.15, 0.2) is 12.1 Å². The molecule has 0 N–H and O–H groups in total. The molecule has 0 aromatic heterocycles. The highest BCUT2D eigenvalue weighted by molar-refractivity contribution is 6.40. The molecule has 0 spiro atoms. The summed E-state index contributed by atoms with van der Waals surface area (Å²) in [5, 5.41) is 0. The fourth-order valence-corrected chi connectivity index (χ4v) is 1.42. The van der Waals surface area contributed by atoms with E-state index < -0.39 is 11.8 Å². The molecule has 0 saturated carbocycles. The predicted molar refractivity (Wildman–Crippen MR) is 62.4 cm³/mol. The maximum atomic E-state index is 11.7. The van der Waals surface area contributed by atoms with E-state index in [2.05, 4.69) is 4.74 Å². The Morgan fingerprint density at radius 3 is 1.72 bits per heavy atom. The Bertz CT molecular complexity index is 441. The minimum Gasteiger partial charge on any atom is -0.493 e. The van der Waals surface area contributed by atoms with Gasteiger partial charge in [0, 0.05) is 5.56 Å². The van der Waals surface area contributed by atoms with Gasteiger partial charge in [-0.25, -0.2) is 4.79 Å². The van der Waals surface area contributed by atoms with Crippen molar-refractivity contribution in [3.63, 3.8) is 0 Å². The minimum atomic E-state index is -0.954. The molecule has 1 aromatic carbocycles. The molecule has 0 amide bonds. The van der Waals surface area contributed by atoms with Crippen LogP contribution >= 0.6 is 0 Å². The van der Waals surface area contributed by atoms with Gasteiger partial charge in [-0.1, -0.05) is 0 Å². The first-order valence-corrected chi connectivity index (χ1v) is 5.01. The summed E-state index contributed by atoms with van der Waals surface area (Å²) in [6, 6.07) is 2.78. The van der Waals surface area contributed by atoms with E-state index in [1.807, 2.05) is 0 Å². The smallest absolute Gasteiger partial charge is 0.379 e. The second-order valence-corrected chi connectivity index (χ2v) is 3.23. The van der Waals surface area contributed by atoms with Crippen molar-refractivity contribution in [2.45, 2.75) is 0 Å². The lowest BCUT2D eigenvalue weighted by Crippen LogP contribution is -2.16. The van der Waals surface area contributed by atoms with E-state index in [4.69, 9.17) is 14.2 Å². The van der Waals surface area contributed by atoms with Crippen LogP contribution in [-0.2, 0) is 9.53 Å². The summed E-state index contributed by atoms with van der Waals surface area (Å²) >= 11 is 0. The highest BCUT2D eigenvalue weighted by Gasteiger charge is 2.21. The second-order valence-electron chi connectivity index (χ2n) is 3.23. The fraction of sp³-hybridized carbons (Fsp3) is 0.333. The van der Waals surface area contributed by atoms with E-state index in [9.17, 15) is 9.59 Å². The third kappa shape index (κ3) is 2.53. The topological polar surface area (TPSA) is 71.1 Å². The molecule has 0 aliphatic carbocycles. The van der Waals surface area contributed by atoms with Gasteiger partial charge in [0.2, 0.25) is 5.75 Å². The molecule has 0 saturated heterocycles. The molecule has 1 aromatic rings. The maximum Gasteiger partial charge on any atom is 0.379 e. The van der Waals surface area contributed by atoms with Gasteiger partial charge in [0.25, 0.3) is 5.78 Å². The van der Waals surface area contributed by atoms with Gasteiger partial charge in [-0.15, -0.1) is 0 Å². The molecule has 0 atom stereocenters. The molecule has 0 unspecified atom stereocenters. The fourth-order valence-electron chi connectivity index (χ4n) is 1.42. The Kier molecular flexibility index (Phi) is 4.53. The summed E-state index contributed by atoms with van der Waals surface area (Å²) < 4.78 is 19.6. The second kappa shape index (κ2) is 5.90. The third-order valence-corrected chi connectivity index (χ3v) is 2.30. The number of ketones is 1. The summed E-state index contributed by atoms with van der Waals surface area (Å²) in [6.45, 7) is 0. The van der Waals surface area contributed by atoms with Gasteiger partial charge < -0.3 is 18.9 Å². The maximum absolute atomic E-state index is 11.7. The van der Waals surface area contributed by atoms with Crippen LogP contribution < -0.4 is 14.2 Å². The van der Waals surface area contributed by atoms with Crippen LogP contribution in [0.2, 0.25) is 0 Å². The van der Waals surface area contributed by atoms with Gasteiger partial charge in [0.05, 0.1) is 28.4 Å². The van der Waals surface area contributed by atoms with Crippen LogP contribution in [0.25, 0.3) is 0 Å². The molecular formula is C12H14O6. The van der Waals surface area contributed by atoms with Crippen LogP contribution in [0.3, 0.4) is 0 Å². The van der Waals surface area contributed by atoms with Crippen molar-refractivity contribution < 1.29 is 28.5 Å². The van der Waals surface area contributed by atoms with E-state index in [0.29, 0.717) is 17.2 Å². The molecule has 0 heterocycles. The average Bonchev–Trinajstić information content (AvgIpc) is 2.43. The van der Waals surface area contributed by atoms with Crippen LogP contribution in [0.1, 0.15) is 10.4 Å². The predicted octanol–water partition coefficient (Wildman–Crippen LogP) is 1.07. The molecule has 1 rings (SSSR count). The average molecular weight is 254 g/mol. The molecule has 0 aliphatic heterocycles.